The molecule has 0 bridgehead atoms. The summed E-state index contributed by atoms with van der Waals surface area (Å²) >= 11 is 0. The molecule has 4 nitrogen and oxygen atoms in total. The van der Waals surface area contributed by atoms with Crippen LogP contribution in [0, 0.1) is 0 Å². The number of methoxy groups -OCH3 is 1. The monoisotopic (exact) mass is 263 g/mol. The van der Waals surface area contributed by atoms with Gasteiger partial charge in [-0.3, -0.25) is 0 Å². The van der Waals surface area contributed by atoms with E-state index in [4.69, 9.17) is 19.9 Å². The Hall–Kier alpha value is -1.26. The second kappa shape index (κ2) is 5.02. The highest BCUT2D eigenvalue weighted by molar-refractivity contribution is 5.49. The molecule has 1 aromatic carbocycles. The summed E-state index contributed by atoms with van der Waals surface area (Å²) in [5.74, 6) is 1.85. The fourth-order valence-electron chi connectivity index (χ4n) is 2.92. The Morgan fingerprint density at radius 2 is 2.21 bits per heavy atom. The topological polar surface area (TPSA) is 53.7 Å². The molecule has 4 heteroatoms. The van der Waals surface area contributed by atoms with Gasteiger partial charge in [0.25, 0.3) is 0 Å². The minimum Gasteiger partial charge on any atom is -0.496 e. The molecule has 0 saturated carbocycles. The summed E-state index contributed by atoms with van der Waals surface area (Å²) in [6, 6.07) is 4.36. The maximum atomic E-state index is 6.04. The molecule has 0 spiro atoms. The van der Waals surface area contributed by atoms with E-state index < -0.39 is 0 Å². The van der Waals surface area contributed by atoms with E-state index in [0.29, 0.717) is 6.61 Å². The molecule has 0 aliphatic carbocycles. The van der Waals surface area contributed by atoms with Crippen LogP contribution in [0.2, 0.25) is 0 Å². The van der Waals surface area contributed by atoms with Crippen LogP contribution in [0.4, 0.5) is 0 Å². The SMILES string of the molecule is COc1cc2c(cc1C1CC(N)CCO1)OC(C)C2. The van der Waals surface area contributed by atoms with Crippen LogP contribution in [0.3, 0.4) is 0 Å². The third-order valence-electron chi connectivity index (χ3n) is 3.92. The number of rotatable bonds is 2. The minimum absolute atomic E-state index is 0.0171. The molecule has 1 fully saturated rings. The van der Waals surface area contributed by atoms with Crippen molar-refractivity contribution in [3.8, 4) is 11.5 Å². The molecule has 2 N–H and O–H groups in total. The summed E-state index contributed by atoms with van der Waals surface area (Å²) in [4.78, 5) is 0. The second-order valence-electron chi connectivity index (χ2n) is 5.48. The van der Waals surface area contributed by atoms with Crippen LogP contribution in [0.5, 0.6) is 11.5 Å². The summed E-state index contributed by atoms with van der Waals surface area (Å²) in [6.07, 6.45) is 2.96. The van der Waals surface area contributed by atoms with Crippen LogP contribution >= 0.6 is 0 Å². The molecule has 2 heterocycles. The maximum Gasteiger partial charge on any atom is 0.125 e. The molecule has 19 heavy (non-hydrogen) atoms. The lowest BCUT2D eigenvalue weighted by molar-refractivity contribution is 0.00527. The van der Waals surface area contributed by atoms with E-state index in [2.05, 4.69) is 19.1 Å². The summed E-state index contributed by atoms with van der Waals surface area (Å²) in [7, 11) is 1.70. The Balaban J connectivity index is 1.94. The van der Waals surface area contributed by atoms with Gasteiger partial charge in [0.15, 0.2) is 0 Å². The number of fused-ring (bicyclic) bond motifs is 1. The third-order valence-corrected chi connectivity index (χ3v) is 3.92. The van der Waals surface area contributed by atoms with Crippen molar-refractivity contribution in [2.24, 2.45) is 5.73 Å². The van der Waals surface area contributed by atoms with Crippen molar-refractivity contribution in [1.29, 1.82) is 0 Å². The Bertz CT molecular complexity index is 475. The van der Waals surface area contributed by atoms with Gasteiger partial charge < -0.3 is 19.9 Å². The van der Waals surface area contributed by atoms with E-state index in [1.165, 1.54) is 5.56 Å². The van der Waals surface area contributed by atoms with Crippen LogP contribution in [-0.4, -0.2) is 25.9 Å². The molecule has 3 unspecified atom stereocenters. The summed E-state index contributed by atoms with van der Waals surface area (Å²) < 4.78 is 17.2. The highest BCUT2D eigenvalue weighted by atomic mass is 16.5. The minimum atomic E-state index is 0.0171. The summed E-state index contributed by atoms with van der Waals surface area (Å²) in [6.45, 7) is 2.79. The fourth-order valence-corrected chi connectivity index (χ4v) is 2.92. The van der Waals surface area contributed by atoms with Crippen molar-refractivity contribution in [3.63, 3.8) is 0 Å². The average molecular weight is 263 g/mol. The summed E-state index contributed by atoms with van der Waals surface area (Å²) in [5, 5.41) is 0. The van der Waals surface area contributed by atoms with E-state index in [0.717, 1.165) is 36.3 Å². The van der Waals surface area contributed by atoms with Crippen molar-refractivity contribution >= 4 is 0 Å². The lowest BCUT2D eigenvalue weighted by atomic mass is 9.95. The third kappa shape index (κ3) is 2.42. The Kier molecular flexibility index (Phi) is 3.37. The second-order valence-corrected chi connectivity index (χ2v) is 5.48. The smallest absolute Gasteiger partial charge is 0.125 e. The first kappa shape index (κ1) is 12.8. The van der Waals surface area contributed by atoms with Gasteiger partial charge in [0.1, 0.15) is 17.6 Å². The van der Waals surface area contributed by atoms with Gasteiger partial charge >= 0.3 is 0 Å². The van der Waals surface area contributed by atoms with Crippen molar-refractivity contribution in [2.45, 2.75) is 44.4 Å². The zero-order valence-corrected chi connectivity index (χ0v) is 11.5. The normalized spacial score (nSPS) is 29.7. The predicted molar refractivity (Wildman–Crippen MR) is 72.7 cm³/mol. The van der Waals surface area contributed by atoms with Gasteiger partial charge in [-0.1, -0.05) is 0 Å². The van der Waals surface area contributed by atoms with Gasteiger partial charge in [-0.25, -0.2) is 0 Å². The summed E-state index contributed by atoms with van der Waals surface area (Å²) in [5.41, 5.74) is 8.31. The Labute approximate surface area is 113 Å². The molecule has 1 aromatic rings. The van der Waals surface area contributed by atoms with Gasteiger partial charge in [-0.2, -0.15) is 0 Å². The van der Waals surface area contributed by atoms with Crippen molar-refractivity contribution in [3.05, 3.63) is 23.3 Å². The molecule has 104 valence electrons. The first-order chi connectivity index (χ1) is 9.17. The number of hydrogen-bond acceptors (Lipinski definition) is 4. The van der Waals surface area contributed by atoms with Crippen molar-refractivity contribution in [2.75, 3.05) is 13.7 Å². The van der Waals surface area contributed by atoms with Gasteiger partial charge in [0.2, 0.25) is 0 Å². The lowest BCUT2D eigenvalue weighted by Crippen LogP contribution is -2.30. The molecular weight excluding hydrogens is 242 g/mol. The number of benzene rings is 1. The van der Waals surface area contributed by atoms with E-state index in [-0.39, 0.29) is 18.2 Å². The number of hydrogen-bond donors (Lipinski definition) is 1. The van der Waals surface area contributed by atoms with E-state index in [1.54, 1.807) is 7.11 Å². The number of nitrogens with two attached hydrogens (primary N) is 1. The average Bonchev–Trinajstić information content (AvgIpc) is 2.76. The van der Waals surface area contributed by atoms with Crippen molar-refractivity contribution in [1.82, 2.24) is 0 Å². The van der Waals surface area contributed by atoms with Gasteiger partial charge in [0.05, 0.1) is 13.2 Å². The van der Waals surface area contributed by atoms with E-state index in [1.807, 2.05) is 0 Å². The quantitative estimate of drug-likeness (QED) is 0.888. The zero-order valence-electron chi connectivity index (χ0n) is 11.5. The zero-order chi connectivity index (χ0) is 13.4. The van der Waals surface area contributed by atoms with Crippen LogP contribution in [0.15, 0.2) is 12.1 Å². The molecule has 0 aromatic heterocycles. The van der Waals surface area contributed by atoms with Gasteiger partial charge in [0, 0.05) is 30.2 Å². The Morgan fingerprint density at radius 3 is 2.95 bits per heavy atom. The highest BCUT2D eigenvalue weighted by Crippen LogP contribution is 2.40. The van der Waals surface area contributed by atoms with Gasteiger partial charge in [-0.15, -0.1) is 0 Å². The fraction of sp³-hybridized carbons (Fsp3) is 0.600. The molecule has 2 aliphatic heterocycles. The molecule has 0 radical (unpaired) electrons. The predicted octanol–water partition coefficient (Wildman–Crippen LogP) is 2.20. The highest BCUT2D eigenvalue weighted by Gasteiger charge is 2.28. The van der Waals surface area contributed by atoms with Crippen molar-refractivity contribution < 1.29 is 14.2 Å². The first-order valence-corrected chi connectivity index (χ1v) is 6.92. The maximum absolute atomic E-state index is 6.04. The van der Waals surface area contributed by atoms with E-state index >= 15 is 0 Å². The lowest BCUT2D eigenvalue weighted by Gasteiger charge is -2.28. The number of ether oxygens (including phenoxy) is 3. The first-order valence-electron chi connectivity index (χ1n) is 6.92. The van der Waals surface area contributed by atoms with Crippen LogP contribution in [-0.2, 0) is 11.2 Å². The molecular formula is C15H21NO3. The molecule has 0 amide bonds. The van der Waals surface area contributed by atoms with Gasteiger partial charge in [-0.05, 0) is 31.9 Å². The standard InChI is InChI=1S/C15H21NO3/c1-9-5-10-6-14(17-2)12(8-13(10)19-9)15-7-11(16)3-4-18-15/h6,8-9,11,15H,3-5,7,16H2,1-2H3. The van der Waals surface area contributed by atoms with E-state index in [9.17, 15) is 0 Å². The van der Waals surface area contributed by atoms with Crippen LogP contribution < -0.4 is 15.2 Å². The molecule has 3 rings (SSSR count). The van der Waals surface area contributed by atoms with Crippen LogP contribution in [0.25, 0.3) is 0 Å². The largest absolute Gasteiger partial charge is 0.496 e. The molecule has 2 aliphatic rings. The molecule has 1 saturated heterocycles. The Morgan fingerprint density at radius 1 is 1.37 bits per heavy atom. The van der Waals surface area contributed by atoms with Crippen LogP contribution in [0.1, 0.15) is 37.0 Å². The molecule has 3 atom stereocenters.